The highest BCUT2D eigenvalue weighted by Crippen LogP contribution is 2.41. The molecule has 1 aliphatic rings. The smallest absolute Gasteiger partial charge is 0.309 e. The van der Waals surface area contributed by atoms with Gasteiger partial charge in [-0.05, 0) is 29.3 Å². The van der Waals surface area contributed by atoms with Crippen LogP contribution in [0.3, 0.4) is 0 Å². The summed E-state index contributed by atoms with van der Waals surface area (Å²) in [6.45, 7) is 2.05. The molecule has 1 fully saturated rings. The number of methoxy groups -OCH3 is 1. The first kappa shape index (κ1) is 13.9. The Bertz CT molecular complexity index is 520. The van der Waals surface area contributed by atoms with E-state index >= 15 is 0 Å². The van der Waals surface area contributed by atoms with Crippen LogP contribution in [0, 0.1) is 11.8 Å². The second kappa shape index (κ2) is 5.64. The molecule has 2 atom stereocenters. The molecule has 0 radical (unpaired) electrons. The van der Waals surface area contributed by atoms with Crippen molar-refractivity contribution in [3.05, 3.63) is 16.5 Å². The minimum Gasteiger partial charge on any atom is -0.480 e. The van der Waals surface area contributed by atoms with Gasteiger partial charge in [0.05, 0.1) is 24.1 Å². The van der Waals surface area contributed by atoms with Crippen LogP contribution in [0.4, 0.5) is 0 Å². The molecule has 0 bridgehead atoms. The molecular formula is C12H13BrN2O4. The van der Waals surface area contributed by atoms with Crippen molar-refractivity contribution >= 4 is 27.7 Å². The molecule has 0 spiro atoms. The summed E-state index contributed by atoms with van der Waals surface area (Å²) >= 11 is 3.21. The van der Waals surface area contributed by atoms with Crippen molar-refractivity contribution in [3.8, 4) is 5.88 Å². The van der Waals surface area contributed by atoms with E-state index in [2.05, 4.69) is 25.9 Å². The van der Waals surface area contributed by atoms with E-state index < -0.39 is 0 Å². The van der Waals surface area contributed by atoms with Crippen molar-refractivity contribution in [1.82, 2.24) is 9.97 Å². The quantitative estimate of drug-likeness (QED) is 0.603. The van der Waals surface area contributed by atoms with Crippen LogP contribution in [0.2, 0.25) is 0 Å². The Labute approximate surface area is 118 Å². The van der Waals surface area contributed by atoms with Gasteiger partial charge in [-0.2, -0.15) is 4.98 Å². The van der Waals surface area contributed by atoms with Gasteiger partial charge >= 0.3 is 5.97 Å². The SMILES string of the molecule is CCOC(=O)C1CC1C(=O)c1ncc(Br)c(OC)n1. The van der Waals surface area contributed by atoms with Crippen LogP contribution in [0.25, 0.3) is 0 Å². The highest BCUT2D eigenvalue weighted by atomic mass is 79.9. The predicted octanol–water partition coefficient (Wildman–Crippen LogP) is 1.63. The maximum Gasteiger partial charge on any atom is 0.309 e. The van der Waals surface area contributed by atoms with Crippen LogP contribution in [-0.4, -0.2) is 35.4 Å². The summed E-state index contributed by atoms with van der Waals surface area (Å²) in [5.41, 5.74) is 0. The Hall–Kier alpha value is -1.50. The summed E-state index contributed by atoms with van der Waals surface area (Å²) < 4.78 is 10.5. The number of halogens is 1. The summed E-state index contributed by atoms with van der Waals surface area (Å²) in [5, 5.41) is 0. The number of ether oxygens (including phenoxy) is 2. The van der Waals surface area contributed by atoms with E-state index in [1.807, 2.05) is 0 Å². The normalized spacial score (nSPS) is 20.8. The molecule has 1 saturated carbocycles. The fourth-order valence-corrected chi connectivity index (χ4v) is 2.13. The van der Waals surface area contributed by atoms with Crippen molar-refractivity contribution in [2.24, 2.45) is 11.8 Å². The van der Waals surface area contributed by atoms with E-state index in [-0.39, 0.29) is 29.4 Å². The molecule has 0 aliphatic heterocycles. The van der Waals surface area contributed by atoms with Gasteiger partial charge in [0.1, 0.15) is 0 Å². The van der Waals surface area contributed by atoms with Crippen LogP contribution in [0.15, 0.2) is 10.7 Å². The van der Waals surface area contributed by atoms with E-state index in [1.165, 1.54) is 13.3 Å². The van der Waals surface area contributed by atoms with Crippen LogP contribution in [-0.2, 0) is 9.53 Å². The van der Waals surface area contributed by atoms with Crippen LogP contribution < -0.4 is 4.74 Å². The second-order valence-corrected chi connectivity index (χ2v) is 4.97. The molecule has 102 valence electrons. The highest BCUT2D eigenvalue weighted by molar-refractivity contribution is 9.10. The lowest BCUT2D eigenvalue weighted by molar-refractivity contribution is -0.144. The Kier molecular flexibility index (Phi) is 4.14. The summed E-state index contributed by atoms with van der Waals surface area (Å²) in [7, 11) is 1.46. The zero-order valence-corrected chi connectivity index (χ0v) is 12.1. The number of nitrogens with zero attached hydrogens (tertiary/aromatic N) is 2. The third kappa shape index (κ3) is 2.91. The third-order valence-corrected chi connectivity index (χ3v) is 3.39. The van der Waals surface area contributed by atoms with E-state index in [4.69, 9.17) is 9.47 Å². The molecule has 2 rings (SSSR count). The number of esters is 1. The van der Waals surface area contributed by atoms with Gasteiger partial charge in [0.2, 0.25) is 11.7 Å². The number of aromatic nitrogens is 2. The largest absolute Gasteiger partial charge is 0.480 e. The van der Waals surface area contributed by atoms with E-state index in [1.54, 1.807) is 6.92 Å². The number of ketones is 1. The van der Waals surface area contributed by atoms with Crippen molar-refractivity contribution in [2.45, 2.75) is 13.3 Å². The Morgan fingerprint density at radius 1 is 1.47 bits per heavy atom. The summed E-state index contributed by atoms with van der Waals surface area (Å²) in [5.74, 6) is -0.937. The van der Waals surface area contributed by atoms with Gasteiger partial charge in [-0.3, -0.25) is 9.59 Å². The van der Waals surface area contributed by atoms with Crippen LogP contribution in [0.5, 0.6) is 5.88 Å². The molecule has 6 nitrogen and oxygen atoms in total. The number of Topliss-reactive ketones (excluding diaryl/α,β-unsaturated/α-hetero) is 1. The van der Waals surface area contributed by atoms with Gasteiger partial charge < -0.3 is 9.47 Å². The van der Waals surface area contributed by atoms with E-state index in [9.17, 15) is 9.59 Å². The molecule has 1 heterocycles. The minimum atomic E-state index is -0.370. The van der Waals surface area contributed by atoms with Crippen LogP contribution >= 0.6 is 15.9 Å². The van der Waals surface area contributed by atoms with Crippen molar-refractivity contribution < 1.29 is 19.1 Å². The van der Waals surface area contributed by atoms with Gasteiger partial charge in [0.15, 0.2) is 5.82 Å². The summed E-state index contributed by atoms with van der Waals surface area (Å²) in [6.07, 6.45) is 1.96. The third-order valence-electron chi connectivity index (χ3n) is 2.84. The molecule has 1 aromatic rings. The lowest BCUT2D eigenvalue weighted by atomic mass is 10.2. The van der Waals surface area contributed by atoms with Gasteiger partial charge in [-0.1, -0.05) is 0 Å². The van der Waals surface area contributed by atoms with E-state index in [0.29, 0.717) is 23.4 Å². The van der Waals surface area contributed by atoms with Crippen molar-refractivity contribution in [2.75, 3.05) is 13.7 Å². The number of hydrogen-bond acceptors (Lipinski definition) is 6. The fraction of sp³-hybridized carbons (Fsp3) is 0.500. The molecule has 19 heavy (non-hydrogen) atoms. The van der Waals surface area contributed by atoms with E-state index in [0.717, 1.165) is 0 Å². The average molecular weight is 329 g/mol. The van der Waals surface area contributed by atoms with Gasteiger partial charge in [0.25, 0.3) is 0 Å². The molecule has 0 amide bonds. The number of rotatable bonds is 5. The Morgan fingerprint density at radius 2 is 2.21 bits per heavy atom. The first-order valence-electron chi connectivity index (χ1n) is 5.85. The van der Waals surface area contributed by atoms with Crippen LogP contribution in [0.1, 0.15) is 24.0 Å². The molecule has 7 heteroatoms. The monoisotopic (exact) mass is 328 g/mol. The summed E-state index contributed by atoms with van der Waals surface area (Å²) in [4.78, 5) is 31.5. The molecule has 1 aromatic heterocycles. The standard InChI is InChI=1S/C12H13BrN2O4/c1-3-19-12(17)7-4-6(7)9(16)10-14-5-8(13)11(15-10)18-2/h5-7H,3-4H2,1-2H3. The first-order chi connectivity index (χ1) is 9.08. The first-order valence-corrected chi connectivity index (χ1v) is 6.65. The average Bonchev–Trinajstić information content (AvgIpc) is 3.19. The van der Waals surface area contributed by atoms with Gasteiger partial charge in [-0.15, -0.1) is 0 Å². The van der Waals surface area contributed by atoms with Crippen molar-refractivity contribution in [3.63, 3.8) is 0 Å². The number of hydrogen-bond donors (Lipinski definition) is 0. The fourth-order valence-electron chi connectivity index (χ4n) is 1.77. The topological polar surface area (TPSA) is 78.4 Å². The molecule has 2 unspecified atom stereocenters. The Morgan fingerprint density at radius 3 is 2.84 bits per heavy atom. The Balaban J connectivity index is 2.08. The lowest BCUT2D eigenvalue weighted by Gasteiger charge is -2.04. The second-order valence-electron chi connectivity index (χ2n) is 4.12. The predicted molar refractivity (Wildman–Crippen MR) is 68.8 cm³/mol. The summed E-state index contributed by atoms with van der Waals surface area (Å²) in [6, 6.07) is 0. The highest BCUT2D eigenvalue weighted by Gasteiger charge is 2.50. The molecule has 0 aromatic carbocycles. The number of carbonyl (C=O) groups excluding carboxylic acids is 2. The maximum absolute atomic E-state index is 12.1. The molecule has 0 N–H and O–H groups in total. The molecule has 1 aliphatic carbocycles. The minimum absolute atomic E-state index is 0.0665. The lowest BCUT2D eigenvalue weighted by Crippen LogP contribution is -2.14. The zero-order chi connectivity index (χ0) is 14.0. The van der Waals surface area contributed by atoms with Gasteiger partial charge in [0, 0.05) is 12.1 Å². The van der Waals surface area contributed by atoms with Gasteiger partial charge in [-0.25, -0.2) is 4.98 Å². The zero-order valence-electron chi connectivity index (χ0n) is 10.6. The molecular weight excluding hydrogens is 316 g/mol. The van der Waals surface area contributed by atoms with Crippen molar-refractivity contribution in [1.29, 1.82) is 0 Å². The molecule has 0 saturated heterocycles. The number of carbonyl (C=O) groups is 2. The maximum atomic E-state index is 12.1.